The number of halogens is 1. The van der Waals surface area contributed by atoms with Crippen molar-refractivity contribution in [2.24, 2.45) is 5.73 Å². The Morgan fingerprint density at radius 3 is 2.76 bits per heavy atom. The molecule has 0 aliphatic rings. The highest BCUT2D eigenvalue weighted by molar-refractivity contribution is 7.91. The Bertz CT molecular complexity index is 720. The second-order valence-electron chi connectivity index (χ2n) is 4.36. The molecule has 0 saturated heterocycles. The molecule has 0 saturated carbocycles. The molecule has 0 atom stereocenters. The molecule has 0 fully saturated rings. The van der Waals surface area contributed by atoms with Crippen LogP contribution in [-0.4, -0.2) is 25.8 Å². The summed E-state index contributed by atoms with van der Waals surface area (Å²) < 4.78 is 29.7. The van der Waals surface area contributed by atoms with E-state index in [-0.39, 0.29) is 17.3 Å². The molecule has 1 aromatic carbocycles. The lowest BCUT2D eigenvalue weighted by molar-refractivity contribution is 0.339. The Morgan fingerprint density at radius 1 is 1.24 bits per heavy atom. The molecule has 0 amide bonds. The van der Waals surface area contributed by atoms with Crippen LogP contribution in [0.15, 0.2) is 47.6 Å². The first-order valence-corrected chi connectivity index (χ1v) is 8.29. The van der Waals surface area contributed by atoms with Crippen molar-refractivity contribution in [1.82, 2.24) is 4.98 Å². The Kier molecular flexibility index (Phi) is 5.17. The third-order valence-corrected chi connectivity index (χ3v) is 4.68. The fourth-order valence-electron chi connectivity index (χ4n) is 1.72. The minimum absolute atomic E-state index is 0.0250. The average molecular weight is 327 g/mol. The number of ether oxygens (including phenoxy) is 1. The number of nitrogens with two attached hydrogens (primary N) is 1. The molecular weight excluding hydrogens is 312 g/mol. The number of hydrogen-bond donors (Lipinski definition) is 1. The third kappa shape index (κ3) is 4.42. The van der Waals surface area contributed by atoms with E-state index in [0.717, 1.165) is 5.56 Å². The van der Waals surface area contributed by atoms with Crippen molar-refractivity contribution in [1.29, 1.82) is 0 Å². The quantitative estimate of drug-likeness (QED) is 0.878. The van der Waals surface area contributed by atoms with E-state index < -0.39 is 9.84 Å². The molecule has 2 N–H and O–H groups in total. The monoisotopic (exact) mass is 326 g/mol. The highest BCUT2D eigenvalue weighted by atomic mass is 35.5. The molecule has 1 aromatic heterocycles. The lowest BCUT2D eigenvalue weighted by Gasteiger charge is -2.08. The van der Waals surface area contributed by atoms with Crippen molar-refractivity contribution in [3.05, 3.63) is 53.3 Å². The Labute approximate surface area is 128 Å². The van der Waals surface area contributed by atoms with Gasteiger partial charge in [0.1, 0.15) is 12.4 Å². The molecule has 5 nitrogen and oxygen atoms in total. The van der Waals surface area contributed by atoms with E-state index in [4.69, 9.17) is 22.1 Å². The zero-order chi connectivity index (χ0) is 15.3. The van der Waals surface area contributed by atoms with Gasteiger partial charge in [-0.15, -0.1) is 0 Å². The third-order valence-electron chi connectivity index (χ3n) is 2.79. The summed E-state index contributed by atoms with van der Waals surface area (Å²) in [7, 11) is -3.41. The van der Waals surface area contributed by atoms with Gasteiger partial charge >= 0.3 is 0 Å². The second kappa shape index (κ2) is 6.89. The first-order valence-electron chi connectivity index (χ1n) is 6.26. The highest BCUT2D eigenvalue weighted by Gasteiger charge is 2.15. The second-order valence-corrected chi connectivity index (χ2v) is 6.90. The molecule has 0 aliphatic heterocycles. The van der Waals surface area contributed by atoms with Gasteiger partial charge in [-0.1, -0.05) is 23.7 Å². The van der Waals surface area contributed by atoms with Crippen LogP contribution < -0.4 is 10.5 Å². The molecule has 21 heavy (non-hydrogen) atoms. The van der Waals surface area contributed by atoms with E-state index in [1.54, 1.807) is 30.3 Å². The van der Waals surface area contributed by atoms with Gasteiger partial charge in [-0.2, -0.15) is 0 Å². The van der Waals surface area contributed by atoms with Crippen LogP contribution in [0.5, 0.6) is 5.75 Å². The van der Waals surface area contributed by atoms with Crippen LogP contribution in [0.1, 0.15) is 5.56 Å². The van der Waals surface area contributed by atoms with Crippen molar-refractivity contribution in [3.63, 3.8) is 0 Å². The lowest BCUT2D eigenvalue weighted by Crippen LogP contribution is -2.14. The van der Waals surface area contributed by atoms with Crippen molar-refractivity contribution in [3.8, 4) is 5.75 Å². The molecule has 0 radical (unpaired) electrons. The Hall–Kier alpha value is -1.63. The molecule has 7 heteroatoms. The predicted octanol–water partition coefficient (Wildman–Crippen LogP) is 2.05. The largest absolute Gasteiger partial charge is 0.491 e. The lowest BCUT2D eigenvalue weighted by atomic mass is 10.2. The van der Waals surface area contributed by atoms with Crippen molar-refractivity contribution >= 4 is 21.4 Å². The van der Waals surface area contributed by atoms with Gasteiger partial charge in [0.25, 0.3) is 0 Å². The smallest absolute Gasteiger partial charge is 0.181 e. The van der Waals surface area contributed by atoms with Gasteiger partial charge in [-0.05, 0) is 17.7 Å². The summed E-state index contributed by atoms with van der Waals surface area (Å²) in [5, 5.41) is 0.436. The van der Waals surface area contributed by atoms with E-state index in [1.807, 2.05) is 0 Å². The molecule has 112 valence electrons. The summed E-state index contributed by atoms with van der Waals surface area (Å²) in [5.74, 6) is 0.307. The summed E-state index contributed by atoms with van der Waals surface area (Å²) in [6, 6.07) is 8.17. The SMILES string of the molecule is NCc1cccc(S(=O)(=O)CCOc2cncc(Cl)c2)c1. The van der Waals surface area contributed by atoms with E-state index in [2.05, 4.69) is 4.98 Å². The molecule has 0 aliphatic carbocycles. The minimum atomic E-state index is -3.41. The predicted molar refractivity (Wildman–Crippen MR) is 81.1 cm³/mol. The highest BCUT2D eigenvalue weighted by Crippen LogP contribution is 2.16. The summed E-state index contributed by atoms with van der Waals surface area (Å²) >= 11 is 5.77. The number of rotatable bonds is 6. The zero-order valence-corrected chi connectivity index (χ0v) is 12.8. The van der Waals surface area contributed by atoms with E-state index in [1.165, 1.54) is 12.4 Å². The summed E-state index contributed by atoms with van der Waals surface area (Å²) in [6.45, 7) is 0.325. The molecule has 1 heterocycles. The van der Waals surface area contributed by atoms with E-state index >= 15 is 0 Å². The van der Waals surface area contributed by atoms with Gasteiger partial charge in [-0.25, -0.2) is 8.42 Å². The van der Waals surface area contributed by atoms with Crippen LogP contribution in [0.4, 0.5) is 0 Å². The number of pyridine rings is 1. The Balaban J connectivity index is 2.01. The standard InChI is InChI=1S/C14H15ClN2O3S/c15-12-7-13(10-17-9-12)20-4-5-21(18,19)14-3-1-2-11(6-14)8-16/h1-3,6-7,9-10H,4-5,8,16H2. The maximum atomic E-state index is 12.2. The molecule has 0 unspecified atom stereocenters. The van der Waals surface area contributed by atoms with Crippen LogP contribution >= 0.6 is 11.6 Å². The summed E-state index contributed by atoms with van der Waals surface area (Å²) in [4.78, 5) is 4.11. The topological polar surface area (TPSA) is 82.3 Å². The molecule has 0 spiro atoms. The Morgan fingerprint density at radius 2 is 2.05 bits per heavy atom. The van der Waals surface area contributed by atoms with E-state index in [9.17, 15) is 8.42 Å². The maximum Gasteiger partial charge on any atom is 0.181 e. The van der Waals surface area contributed by atoms with Crippen LogP contribution in [0.2, 0.25) is 5.02 Å². The van der Waals surface area contributed by atoms with Crippen molar-refractivity contribution < 1.29 is 13.2 Å². The summed E-state index contributed by atoms with van der Waals surface area (Å²) in [5.41, 5.74) is 6.29. The van der Waals surface area contributed by atoms with Crippen LogP contribution in [0, 0.1) is 0 Å². The summed E-state index contributed by atoms with van der Waals surface area (Å²) in [6.07, 6.45) is 2.96. The number of hydrogen-bond acceptors (Lipinski definition) is 5. The van der Waals surface area contributed by atoms with Crippen molar-refractivity contribution in [2.75, 3.05) is 12.4 Å². The molecular formula is C14H15ClN2O3S. The van der Waals surface area contributed by atoms with Gasteiger partial charge in [0.05, 0.1) is 21.9 Å². The number of benzene rings is 1. The van der Waals surface area contributed by atoms with Crippen molar-refractivity contribution in [2.45, 2.75) is 11.4 Å². The number of nitrogens with zero attached hydrogens (tertiary/aromatic N) is 1. The normalized spacial score (nSPS) is 11.3. The molecule has 2 aromatic rings. The van der Waals surface area contributed by atoms with Crippen LogP contribution in [-0.2, 0) is 16.4 Å². The van der Waals surface area contributed by atoms with Gasteiger partial charge in [0.2, 0.25) is 0 Å². The van der Waals surface area contributed by atoms with Gasteiger partial charge in [-0.3, -0.25) is 4.98 Å². The first kappa shape index (κ1) is 15.8. The van der Waals surface area contributed by atoms with E-state index in [0.29, 0.717) is 17.3 Å². The van der Waals surface area contributed by atoms with Gasteiger partial charge in [0, 0.05) is 18.8 Å². The first-order chi connectivity index (χ1) is 10.0. The number of sulfone groups is 1. The fraction of sp³-hybridized carbons (Fsp3) is 0.214. The molecule has 2 rings (SSSR count). The zero-order valence-electron chi connectivity index (χ0n) is 11.2. The average Bonchev–Trinajstić information content (AvgIpc) is 2.47. The number of aromatic nitrogens is 1. The van der Waals surface area contributed by atoms with Gasteiger partial charge < -0.3 is 10.5 Å². The van der Waals surface area contributed by atoms with Crippen LogP contribution in [0.25, 0.3) is 0 Å². The molecule has 0 bridgehead atoms. The fourth-order valence-corrected chi connectivity index (χ4v) is 3.04. The van der Waals surface area contributed by atoms with Gasteiger partial charge in [0.15, 0.2) is 9.84 Å². The minimum Gasteiger partial charge on any atom is -0.491 e. The van der Waals surface area contributed by atoms with Crippen LogP contribution in [0.3, 0.4) is 0 Å². The maximum absolute atomic E-state index is 12.2.